The lowest BCUT2D eigenvalue weighted by molar-refractivity contribution is -0.123. The summed E-state index contributed by atoms with van der Waals surface area (Å²) in [5.41, 5.74) is 4.33. The second-order valence-electron chi connectivity index (χ2n) is 6.91. The molecule has 0 heterocycles. The molecule has 0 unspecified atom stereocenters. The number of carbonyl (C=O) groups excluding carboxylic acids is 2. The molecule has 8 heteroatoms. The van der Waals surface area contributed by atoms with E-state index >= 15 is 0 Å². The maximum absolute atomic E-state index is 12.5. The van der Waals surface area contributed by atoms with E-state index < -0.39 is 11.9 Å². The molecule has 0 bridgehead atoms. The second kappa shape index (κ2) is 11.7. The number of halogens is 1. The van der Waals surface area contributed by atoms with Crippen LogP contribution in [0.5, 0.6) is 17.2 Å². The lowest BCUT2D eigenvalue weighted by Crippen LogP contribution is -2.24. The Kier molecular flexibility index (Phi) is 8.43. The summed E-state index contributed by atoms with van der Waals surface area (Å²) in [5, 5.41) is 4.23. The average Bonchev–Trinajstić information content (AvgIpc) is 2.80. The van der Waals surface area contributed by atoms with Crippen LogP contribution in [0.1, 0.15) is 28.4 Å². The number of amides is 1. The number of rotatable bonds is 9. The zero-order chi connectivity index (χ0) is 23.6. The molecule has 0 saturated heterocycles. The number of hydrogen-bond acceptors (Lipinski definition) is 6. The van der Waals surface area contributed by atoms with Gasteiger partial charge in [0, 0.05) is 0 Å². The van der Waals surface area contributed by atoms with Gasteiger partial charge in [0.1, 0.15) is 5.75 Å². The number of nitrogens with one attached hydrogen (secondary N) is 1. The van der Waals surface area contributed by atoms with E-state index in [0.717, 1.165) is 5.56 Å². The highest BCUT2D eigenvalue weighted by molar-refractivity contribution is 6.33. The van der Waals surface area contributed by atoms with Crippen molar-refractivity contribution in [2.45, 2.75) is 13.8 Å². The van der Waals surface area contributed by atoms with Crippen molar-refractivity contribution in [1.29, 1.82) is 0 Å². The van der Waals surface area contributed by atoms with Gasteiger partial charge in [-0.1, -0.05) is 35.9 Å². The molecule has 7 nitrogen and oxygen atoms in total. The molecule has 0 radical (unpaired) electrons. The van der Waals surface area contributed by atoms with Gasteiger partial charge in [-0.25, -0.2) is 10.2 Å². The quantitative estimate of drug-likeness (QED) is 0.212. The first kappa shape index (κ1) is 23.8. The molecule has 0 aliphatic rings. The minimum Gasteiger partial charge on any atom is -0.490 e. The Bertz CT molecular complexity index is 1160. The molecular formula is C25H23ClN2O5. The Labute approximate surface area is 196 Å². The third-order valence-electron chi connectivity index (χ3n) is 4.33. The standard InChI is InChI=1S/C25H23ClN2O5/c1-3-31-23-14-18(11-12-22(23)33-25(30)20-9-4-5-10-21(20)26)15-27-28-24(29)16-32-19-8-6-7-17(2)13-19/h4-15H,3,16H2,1-2H3,(H,28,29)/b27-15-. The normalized spacial score (nSPS) is 10.6. The maximum Gasteiger partial charge on any atom is 0.345 e. The highest BCUT2D eigenvalue weighted by atomic mass is 35.5. The molecule has 3 aromatic carbocycles. The second-order valence-corrected chi connectivity index (χ2v) is 7.31. The van der Waals surface area contributed by atoms with Crippen molar-refractivity contribution < 1.29 is 23.8 Å². The summed E-state index contributed by atoms with van der Waals surface area (Å²) in [6.07, 6.45) is 1.45. The molecule has 3 aromatic rings. The van der Waals surface area contributed by atoms with Gasteiger partial charge >= 0.3 is 5.97 Å². The molecule has 0 aromatic heterocycles. The number of hydrazone groups is 1. The van der Waals surface area contributed by atoms with Crippen LogP contribution in [0.4, 0.5) is 0 Å². The highest BCUT2D eigenvalue weighted by Crippen LogP contribution is 2.29. The zero-order valence-corrected chi connectivity index (χ0v) is 19.0. The molecule has 3 rings (SSSR count). The third kappa shape index (κ3) is 7.08. The fourth-order valence-corrected chi connectivity index (χ4v) is 3.02. The van der Waals surface area contributed by atoms with Gasteiger partial charge in [-0.2, -0.15) is 5.10 Å². The molecular weight excluding hydrogens is 444 g/mol. The van der Waals surface area contributed by atoms with E-state index in [4.69, 9.17) is 25.8 Å². The fourth-order valence-electron chi connectivity index (χ4n) is 2.80. The SMILES string of the molecule is CCOc1cc(/C=N\NC(=O)COc2cccc(C)c2)ccc1OC(=O)c1ccccc1Cl. The van der Waals surface area contributed by atoms with Crippen molar-refractivity contribution in [2.75, 3.05) is 13.2 Å². The van der Waals surface area contributed by atoms with E-state index in [1.165, 1.54) is 6.21 Å². The first-order chi connectivity index (χ1) is 16.0. The van der Waals surface area contributed by atoms with Gasteiger partial charge in [-0.05, 0) is 67.4 Å². The molecule has 33 heavy (non-hydrogen) atoms. The minimum atomic E-state index is -0.594. The van der Waals surface area contributed by atoms with Crippen molar-refractivity contribution in [2.24, 2.45) is 5.10 Å². The van der Waals surface area contributed by atoms with Crippen LogP contribution in [-0.4, -0.2) is 31.3 Å². The number of esters is 1. The summed E-state index contributed by atoms with van der Waals surface area (Å²) in [5.74, 6) is 0.217. The Morgan fingerprint density at radius 3 is 2.58 bits per heavy atom. The van der Waals surface area contributed by atoms with Gasteiger partial charge in [0.25, 0.3) is 5.91 Å². The van der Waals surface area contributed by atoms with E-state index in [1.54, 1.807) is 48.5 Å². The summed E-state index contributed by atoms with van der Waals surface area (Å²) in [7, 11) is 0. The van der Waals surface area contributed by atoms with Gasteiger partial charge in [0.2, 0.25) is 0 Å². The highest BCUT2D eigenvalue weighted by Gasteiger charge is 2.15. The molecule has 0 spiro atoms. The van der Waals surface area contributed by atoms with Crippen LogP contribution in [0, 0.1) is 6.92 Å². The summed E-state index contributed by atoms with van der Waals surface area (Å²) in [4.78, 5) is 24.4. The number of carbonyl (C=O) groups is 2. The first-order valence-corrected chi connectivity index (χ1v) is 10.6. The summed E-state index contributed by atoms with van der Waals surface area (Å²) in [6, 6.07) is 18.9. The van der Waals surface area contributed by atoms with Crippen LogP contribution in [0.3, 0.4) is 0 Å². The Balaban J connectivity index is 1.61. The predicted molar refractivity (Wildman–Crippen MR) is 126 cm³/mol. The van der Waals surface area contributed by atoms with Crippen LogP contribution in [0.2, 0.25) is 5.02 Å². The zero-order valence-electron chi connectivity index (χ0n) is 18.2. The molecule has 0 saturated carbocycles. The largest absolute Gasteiger partial charge is 0.490 e. The summed E-state index contributed by atoms with van der Waals surface area (Å²) in [6.45, 7) is 3.96. The number of aryl methyl sites for hydroxylation is 1. The van der Waals surface area contributed by atoms with Crippen molar-refractivity contribution in [3.8, 4) is 17.2 Å². The predicted octanol–water partition coefficient (Wildman–Crippen LogP) is 4.80. The molecule has 0 fully saturated rings. The Hall–Kier alpha value is -3.84. The number of benzene rings is 3. The average molecular weight is 467 g/mol. The molecule has 0 aliphatic carbocycles. The topological polar surface area (TPSA) is 86.2 Å². The van der Waals surface area contributed by atoms with Gasteiger partial charge in [-0.3, -0.25) is 4.79 Å². The molecule has 1 amide bonds. The van der Waals surface area contributed by atoms with Crippen LogP contribution in [0.15, 0.2) is 71.8 Å². The number of nitrogens with zero attached hydrogens (tertiary/aromatic N) is 1. The van der Waals surface area contributed by atoms with Crippen molar-refractivity contribution in [3.63, 3.8) is 0 Å². The van der Waals surface area contributed by atoms with E-state index in [1.807, 2.05) is 32.0 Å². The van der Waals surface area contributed by atoms with E-state index in [2.05, 4.69) is 10.5 Å². The minimum absolute atomic E-state index is 0.165. The van der Waals surface area contributed by atoms with E-state index in [0.29, 0.717) is 28.7 Å². The lowest BCUT2D eigenvalue weighted by Gasteiger charge is -2.12. The van der Waals surface area contributed by atoms with Crippen LogP contribution in [-0.2, 0) is 4.79 Å². The van der Waals surface area contributed by atoms with Gasteiger partial charge < -0.3 is 14.2 Å². The van der Waals surface area contributed by atoms with Crippen molar-refractivity contribution in [3.05, 3.63) is 88.4 Å². The van der Waals surface area contributed by atoms with Gasteiger partial charge in [0.15, 0.2) is 18.1 Å². The van der Waals surface area contributed by atoms with Gasteiger partial charge in [0.05, 0.1) is 23.4 Å². The fraction of sp³-hybridized carbons (Fsp3) is 0.160. The molecule has 170 valence electrons. The maximum atomic E-state index is 12.5. The third-order valence-corrected chi connectivity index (χ3v) is 4.66. The van der Waals surface area contributed by atoms with Crippen molar-refractivity contribution >= 4 is 29.7 Å². The number of ether oxygens (including phenoxy) is 3. The summed E-state index contributed by atoms with van der Waals surface area (Å²) < 4.78 is 16.5. The Morgan fingerprint density at radius 1 is 1.00 bits per heavy atom. The van der Waals surface area contributed by atoms with Crippen molar-refractivity contribution in [1.82, 2.24) is 5.43 Å². The molecule has 0 aliphatic heterocycles. The first-order valence-electron chi connectivity index (χ1n) is 10.2. The summed E-state index contributed by atoms with van der Waals surface area (Å²) >= 11 is 6.07. The van der Waals surface area contributed by atoms with Gasteiger partial charge in [-0.15, -0.1) is 0 Å². The number of hydrogen-bond donors (Lipinski definition) is 1. The van der Waals surface area contributed by atoms with Crippen LogP contribution >= 0.6 is 11.6 Å². The smallest absolute Gasteiger partial charge is 0.345 e. The van der Waals surface area contributed by atoms with Crippen LogP contribution < -0.4 is 19.6 Å². The monoisotopic (exact) mass is 466 g/mol. The lowest BCUT2D eigenvalue weighted by atomic mass is 10.2. The van der Waals surface area contributed by atoms with Crippen LogP contribution in [0.25, 0.3) is 0 Å². The van der Waals surface area contributed by atoms with E-state index in [-0.39, 0.29) is 17.9 Å². The Morgan fingerprint density at radius 2 is 1.82 bits per heavy atom. The van der Waals surface area contributed by atoms with E-state index in [9.17, 15) is 9.59 Å². The molecule has 0 atom stereocenters. The molecule has 1 N–H and O–H groups in total.